The van der Waals surface area contributed by atoms with Gasteiger partial charge in [-0.05, 0) is 32.1 Å². The van der Waals surface area contributed by atoms with E-state index in [2.05, 4.69) is 24.4 Å². The van der Waals surface area contributed by atoms with Crippen molar-refractivity contribution in [2.75, 3.05) is 24.7 Å². The number of anilines is 1. The molecule has 8 nitrogen and oxygen atoms in total. The van der Waals surface area contributed by atoms with Crippen molar-refractivity contribution in [2.24, 2.45) is 11.3 Å². The van der Waals surface area contributed by atoms with Gasteiger partial charge in [-0.3, -0.25) is 0 Å². The Hall–Kier alpha value is -1.77. The maximum Gasteiger partial charge on any atom is 0.165 e. The molecule has 0 radical (unpaired) electrons. The van der Waals surface area contributed by atoms with Gasteiger partial charge in [-0.2, -0.15) is 0 Å². The summed E-state index contributed by atoms with van der Waals surface area (Å²) in [5.41, 5.74) is 1.25. The molecule has 3 fully saturated rings. The molecule has 2 aromatic rings. The van der Waals surface area contributed by atoms with Gasteiger partial charge in [0.2, 0.25) is 0 Å². The third kappa shape index (κ3) is 2.15. The van der Waals surface area contributed by atoms with Crippen molar-refractivity contribution in [3.8, 4) is 0 Å². The van der Waals surface area contributed by atoms with Crippen molar-refractivity contribution in [1.82, 2.24) is 19.5 Å². The van der Waals surface area contributed by atoms with Gasteiger partial charge >= 0.3 is 0 Å². The number of hydrogen-bond acceptors (Lipinski definition) is 7. The van der Waals surface area contributed by atoms with E-state index >= 15 is 0 Å². The molecule has 0 aromatic carbocycles. The average Bonchev–Trinajstić information content (AvgIpc) is 3.34. The molecule has 0 amide bonds. The van der Waals surface area contributed by atoms with Gasteiger partial charge in [-0.25, -0.2) is 15.0 Å². The highest BCUT2D eigenvalue weighted by Gasteiger charge is 2.48. The highest BCUT2D eigenvalue weighted by atomic mass is 16.3. The SMILES string of the molecule is OCC1CC2CCC1N2c1ncnc2c1ncn2C1CC(CO)(CO)C1. The Balaban J connectivity index is 1.48. The molecule has 2 aromatic heterocycles. The summed E-state index contributed by atoms with van der Waals surface area (Å²) in [5, 5.41) is 28.7. The van der Waals surface area contributed by atoms with Crippen molar-refractivity contribution in [3.63, 3.8) is 0 Å². The van der Waals surface area contributed by atoms with E-state index in [1.54, 1.807) is 6.33 Å². The standard InChI is InChI=1S/C18H25N5O3/c24-6-11-3-12-1-2-14(11)23(12)17-15-16(19-9-20-17)22(10-21-15)13-4-18(5-13,7-25)8-26/h9-14,24-26H,1-8H2. The summed E-state index contributed by atoms with van der Waals surface area (Å²) < 4.78 is 2.06. The second kappa shape index (κ2) is 5.87. The van der Waals surface area contributed by atoms with Gasteiger partial charge in [0.15, 0.2) is 17.0 Å². The Kier molecular flexibility index (Phi) is 3.70. The van der Waals surface area contributed by atoms with Crippen LogP contribution in [0.3, 0.4) is 0 Å². The molecule has 3 atom stereocenters. The Labute approximate surface area is 151 Å². The lowest BCUT2D eigenvalue weighted by molar-refractivity contribution is -0.0421. The minimum Gasteiger partial charge on any atom is -0.396 e. The lowest BCUT2D eigenvalue weighted by atomic mass is 9.66. The van der Waals surface area contributed by atoms with Crippen LogP contribution in [0.2, 0.25) is 0 Å². The lowest BCUT2D eigenvalue weighted by Crippen LogP contribution is -2.44. The van der Waals surface area contributed by atoms with Crippen molar-refractivity contribution < 1.29 is 15.3 Å². The van der Waals surface area contributed by atoms with Crippen molar-refractivity contribution in [3.05, 3.63) is 12.7 Å². The highest BCUT2D eigenvalue weighted by molar-refractivity contribution is 5.84. The molecule has 2 bridgehead atoms. The molecule has 5 rings (SSSR count). The van der Waals surface area contributed by atoms with E-state index in [-0.39, 0.29) is 31.3 Å². The first-order chi connectivity index (χ1) is 12.7. The molecule has 3 aliphatic rings. The maximum absolute atomic E-state index is 9.66. The Morgan fingerprint density at radius 2 is 1.85 bits per heavy atom. The molecule has 3 N–H and O–H groups in total. The molecule has 1 saturated carbocycles. The summed E-state index contributed by atoms with van der Waals surface area (Å²) >= 11 is 0. The van der Waals surface area contributed by atoms with Crippen LogP contribution in [0.4, 0.5) is 5.82 Å². The predicted octanol–water partition coefficient (Wildman–Crippen LogP) is 0.482. The molecule has 2 aliphatic heterocycles. The number of aliphatic hydroxyl groups is 3. The van der Waals surface area contributed by atoms with E-state index in [4.69, 9.17) is 0 Å². The van der Waals surface area contributed by atoms with Gasteiger partial charge in [-0.1, -0.05) is 0 Å². The molecule has 4 heterocycles. The molecule has 8 heteroatoms. The van der Waals surface area contributed by atoms with Crippen molar-refractivity contribution >= 4 is 17.0 Å². The van der Waals surface area contributed by atoms with Crippen LogP contribution in [0.1, 0.15) is 38.1 Å². The van der Waals surface area contributed by atoms with E-state index < -0.39 is 0 Å². The van der Waals surface area contributed by atoms with Crippen LogP contribution in [-0.2, 0) is 0 Å². The van der Waals surface area contributed by atoms with Gasteiger partial charge in [0.05, 0.1) is 19.5 Å². The zero-order valence-corrected chi connectivity index (χ0v) is 14.7. The summed E-state index contributed by atoms with van der Waals surface area (Å²) in [6.45, 7) is 0.242. The van der Waals surface area contributed by atoms with Gasteiger partial charge in [0.25, 0.3) is 0 Å². The minimum absolute atomic E-state index is 0.00650. The third-order valence-corrected chi connectivity index (χ3v) is 6.89. The van der Waals surface area contributed by atoms with Crippen molar-refractivity contribution in [2.45, 2.75) is 50.2 Å². The normalized spacial score (nSPS) is 30.3. The average molecular weight is 359 g/mol. The van der Waals surface area contributed by atoms with E-state index in [1.807, 2.05) is 6.33 Å². The summed E-state index contributed by atoms with van der Waals surface area (Å²) in [5.74, 6) is 1.20. The minimum atomic E-state index is -0.375. The molecular weight excluding hydrogens is 334 g/mol. The Morgan fingerprint density at radius 1 is 1.04 bits per heavy atom. The van der Waals surface area contributed by atoms with Crippen molar-refractivity contribution in [1.29, 1.82) is 0 Å². The van der Waals surface area contributed by atoms with E-state index in [0.717, 1.165) is 49.1 Å². The number of hydrogen-bond donors (Lipinski definition) is 3. The second-order valence-electron chi connectivity index (χ2n) is 8.28. The van der Waals surface area contributed by atoms with Crippen LogP contribution in [-0.4, -0.2) is 66.7 Å². The van der Waals surface area contributed by atoms with E-state index in [0.29, 0.717) is 18.0 Å². The Bertz CT molecular complexity index is 812. The molecular formula is C18H25N5O3. The third-order valence-electron chi connectivity index (χ3n) is 6.89. The van der Waals surface area contributed by atoms with Crippen LogP contribution < -0.4 is 4.90 Å². The first-order valence-electron chi connectivity index (χ1n) is 9.48. The summed E-state index contributed by atoms with van der Waals surface area (Å²) in [6.07, 6.45) is 8.13. The van der Waals surface area contributed by atoms with E-state index in [1.165, 1.54) is 0 Å². The first-order valence-corrected chi connectivity index (χ1v) is 9.48. The molecule has 2 saturated heterocycles. The molecule has 3 unspecified atom stereocenters. The summed E-state index contributed by atoms with van der Waals surface area (Å²) in [7, 11) is 0. The number of rotatable bonds is 5. The fraction of sp³-hybridized carbons (Fsp3) is 0.722. The topological polar surface area (TPSA) is 108 Å². The quantitative estimate of drug-likeness (QED) is 0.713. The van der Waals surface area contributed by atoms with Crippen LogP contribution in [0.25, 0.3) is 11.2 Å². The largest absolute Gasteiger partial charge is 0.396 e. The van der Waals surface area contributed by atoms with E-state index in [9.17, 15) is 15.3 Å². The van der Waals surface area contributed by atoms with Crippen LogP contribution in [0.5, 0.6) is 0 Å². The number of aliphatic hydroxyl groups excluding tert-OH is 3. The number of fused-ring (bicyclic) bond motifs is 3. The monoisotopic (exact) mass is 359 g/mol. The summed E-state index contributed by atoms with van der Waals surface area (Å²) in [4.78, 5) is 16.0. The molecule has 140 valence electrons. The Morgan fingerprint density at radius 3 is 2.54 bits per heavy atom. The van der Waals surface area contributed by atoms with Gasteiger partial charge in [0.1, 0.15) is 6.33 Å². The van der Waals surface area contributed by atoms with Crippen LogP contribution in [0, 0.1) is 11.3 Å². The smallest absolute Gasteiger partial charge is 0.165 e. The van der Waals surface area contributed by atoms with Gasteiger partial charge < -0.3 is 24.8 Å². The number of nitrogens with zero attached hydrogens (tertiary/aromatic N) is 5. The zero-order valence-electron chi connectivity index (χ0n) is 14.7. The number of aromatic nitrogens is 4. The molecule has 26 heavy (non-hydrogen) atoms. The first kappa shape index (κ1) is 16.4. The zero-order chi connectivity index (χ0) is 17.9. The summed E-state index contributed by atoms with van der Waals surface area (Å²) in [6, 6.07) is 0.969. The molecule has 0 spiro atoms. The fourth-order valence-electron chi connectivity index (χ4n) is 5.38. The molecule has 1 aliphatic carbocycles. The highest BCUT2D eigenvalue weighted by Crippen LogP contribution is 2.49. The van der Waals surface area contributed by atoms with Gasteiger partial charge in [0, 0.05) is 36.1 Å². The fourth-order valence-corrected chi connectivity index (χ4v) is 5.38. The maximum atomic E-state index is 9.66. The lowest BCUT2D eigenvalue weighted by Gasteiger charge is -2.45. The van der Waals surface area contributed by atoms with Crippen LogP contribution >= 0.6 is 0 Å². The van der Waals surface area contributed by atoms with Crippen LogP contribution in [0.15, 0.2) is 12.7 Å². The predicted molar refractivity (Wildman–Crippen MR) is 94.7 cm³/mol. The second-order valence-corrected chi connectivity index (χ2v) is 8.28. The number of imidazole rings is 1. The van der Waals surface area contributed by atoms with Gasteiger partial charge in [-0.15, -0.1) is 0 Å².